The molecule has 0 aliphatic carbocycles. The minimum atomic E-state index is 0.448. The minimum Gasteiger partial charge on any atom is -0.264 e. The Balaban J connectivity index is 2.22. The van der Waals surface area contributed by atoms with Gasteiger partial charge in [0.25, 0.3) is 0 Å². The third kappa shape index (κ3) is 2.20. The highest BCUT2D eigenvalue weighted by atomic mass is 35.5. The summed E-state index contributed by atoms with van der Waals surface area (Å²) in [5, 5.41) is 12.9. The van der Waals surface area contributed by atoms with Gasteiger partial charge in [0.1, 0.15) is 6.07 Å². The smallest absolute Gasteiger partial charge is 0.101 e. The molecule has 2 nitrogen and oxygen atoms in total. The largest absolute Gasteiger partial charge is 0.264 e. The van der Waals surface area contributed by atoms with E-state index in [2.05, 4.69) is 11.1 Å². The summed E-state index contributed by atoms with van der Waals surface area (Å²) in [7, 11) is 0. The number of aromatic nitrogens is 1. The number of hydrogen-bond donors (Lipinski definition) is 0. The number of nitriles is 1. The molecule has 0 saturated heterocycles. The van der Waals surface area contributed by atoms with Gasteiger partial charge in [-0.3, -0.25) is 4.98 Å². The van der Waals surface area contributed by atoms with E-state index in [1.165, 1.54) is 0 Å². The summed E-state index contributed by atoms with van der Waals surface area (Å²) in [6.45, 7) is 0. The van der Waals surface area contributed by atoms with Crippen LogP contribution in [0.3, 0.4) is 0 Å². The molecular weight excluding hydrogens is 288 g/mol. The van der Waals surface area contributed by atoms with Gasteiger partial charge in [-0.25, -0.2) is 0 Å². The Morgan fingerprint density at radius 1 is 1.20 bits per heavy atom. The molecule has 0 saturated carbocycles. The van der Waals surface area contributed by atoms with Crippen LogP contribution in [0.15, 0.2) is 54.2 Å². The molecule has 0 aliphatic rings. The molecular formula is C16H9ClN2S. The summed E-state index contributed by atoms with van der Waals surface area (Å²) >= 11 is 8.08. The molecule has 0 atom stereocenters. The highest BCUT2D eigenvalue weighted by Gasteiger charge is 2.13. The van der Waals surface area contributed by atoms with Crippen LogP contribution in [-0.4, -0.2) is 4.98 Å². The van der Waals surface area contributed by atoms with Crippen LogP contribution in [0.4, 0.5) is 0 Å². The molecule has 0 bridgehead atoms. The number of benzene rings is 1. The van der Waals surface area contributed by atoms with E-state index in [-0.39, 0.29) is 0 Å². The topological polar surface area (TPSA) is 36.7 Å². The molecule has 3 aromatic rings. The van der Waals surface area contributed by atoms with E-state index in [9.17, 15) is 5.26 Å². The molecule has 2 heterocycles. The van der Waals surface area contributed by atoms with Crippen molar-refractivity contribution >= 4 is 43.6 Å². The average Bonchev–Trinajstić information content (AvgIpc) is 2.93. The highest BCUT2D eigenvalue weighted by Crippen LogP contribution is 2.36. The molecule has 0 spiro atoms. The second kappa shape index (κ2) is 5.46. The maximum absolute atomic E-state index is 9.40. The molecule has 96 valence electrons. The third-order valence-corrected chi connectivity index (χ3v) is 4.36. The van der Waals surface area contributed by atoms with Crippen molar-refractivity contribution in [3.63, 3.8) is 0 Å². The van der Waals surface area contributed by atoms with Gasteiger partial charge in [-0.15, -0.1) is 11.3 Å². The Hall–Kier alpha value is -2.15. The van der Waals surface area contributed by atoms with Crippen molar-refractivity contribution in [3.05, 3.63) is 65.3 Å². The zero-order valence-electron chi connectivity index (χ0n) is 10.4. The van der Waals surface area contributed by atoms with Crippen LogP contribution in [-0.2, 0) is 0 Å². The number of rotatable bonds is 2. The van der Waals surface area contributed by atoms with Crippen LogP contribution in [0.25, 0.3) is 20.7 Å². The highest BCUT2D eigenvalue weighted by molar-refractivity contribution is 7.17. The van der Waals surface area contributed by atoms with Gasteiger partial charge in [-0.2, -0.15) is 5.26 Å². The zero-order chi connectivity index (χ0) is 13.9. The molecule has 1 aromatic carbocycles. The molecule has 0 unspecified atom stereocenters. The zero-order valence-corrected chi connectivity index (χ0v) is 11.9. The van der Waals surface area contributed by atoms with Crippen LogP contribution in [0.5, 0.6) is 0 Å². The fourth-order valence-electron chi connectivity index (χ4n) is 2.03. The van der Waals surface area contributed by atoms with Gasteiger partial charge in [-0.05, 0) is 12.1 Å². The molecule has 0 fully saturated rings. The SMILES string of the molecule is N#C/C(=C(/Cl)c1csc2ccccc12)c1cccnc1. The lowest BCUT2D eigenvalue weighted by atomic mass is 10.0. The van der Waals surface area contributed by atoms with E-state index in [1.807, 2.05) is 35.7 Å². The number of allylic oxidation sites excluding steroid dienone is 1. The maximum atomic E-state index is 9.40. The number of fused-ring (bicyclic) bond motifs is 1. The van der Waals surface area contributed by atoms with E-state index in [1.54, 1.807) is 29.8 Å². The Labute approximate surface area is 125 Å². The van der Waals surface area contributed by atoms with E-state index < -0.39 is 0 Å². The molecule has 0 N–H and O–H groups in total. The minimum absolute atomic E-state index is 0.448. The fraction of sp³-hybridized carbons (Fsp3) is 0. The van der Waals surface area contributed by atoms with Gasteiger partial charge in [0.2, 0.25) is 0 Å². The van der Waals surface area contributed by atoms with E-state index >= 15 is 0 Å². The van der Waals surface area contributed by atoms with Crippen molar-refractivity contribution in [3.8, 4) is 6.07 Å². The first-order valence-electron chi connectivity index (χ1n) is 5.98. The predicted octanol–water partition coefficient (Wildman–Crippen LogP) is 4.93. The second-order valence-corrected chi connectivity index (χ2v) is 5.48. The van der Waals surface area contributed by atoms with Crippen LogP contribution in [0.1, 0.15) is 11.1 Å². The summed E-state index contributed by atoms with van der Waals surface area (Å²) in [4.78, 5) is 4.04. The summed E-state index contributed by atoms with van der Waals surface area (Å²) in [6.07, 6.45) is 3.32. The van der Waals surface area contributed by atoms with Gasteiger partial charge in [0.05, 0.1) is 10.6 Å². The van der Waals surface area contributed by atoms with Crippen molar-refractivity contribution in [1.82, 2.24) is 4.98 Å². The van der Waals surface area contributed by atoms with Crippen molar-refractivity contribution in [2.45, 2.75) is 0 Å². The number of halogens is 1. The number of nitrogens with zero attached hydrogens (tertiary/aromatic N) is 2. The third-order valence-electron chi connectivity index (χ3n) is 3.00. The van der Waals surface area contributed by atoms with Crippen LogP contribution in [0.2, 0.25) is 0 Å². The monoisotopic (exact) mass is 296 g/mol. The molecule has 0 amide bonds. The number of hydrogen-bond acceptors (Lipinski definition) is 3. The number of thiophene rings is 1. The molecule has 2 aromatic heterocycles. The van der Waals surface area contributed by atoms with Crippen molar-refractivity contribution in [2.24, 2.45) is 0 Å². The maximum Gasteiger partial charge on any atom is 0.101 e. The Morgan fingerprint density at radius 3 is 2.80 bits per heavy atom. The van der Waals surface area contributed by atoms with Crippen LogP contribution < -0.4 is 0 Å². The molecule has 0 aliphatic heterocycles. The second-order valence-electron chi connectivity index (χ2n) is 4.19. The summed E-state index contributed by atoms with van der Waals surface area (Å²) < 4.78 is 1.16. The standard InChI is InChI=1S/C16H9ClN2S/c17-16(13(8-18)11-4-3-7-19-9-11)14-10-20-15-6-2-1-5-12(14)15/h1-7,9-10H/b16-13-. The first-order chi connectivity index (χ1) is 9.81. The normalized spacial score (nSPS) is 12.0. The molecule has 20 heavy (non-hydrogen) atoms. The summed E-state index contributed by atoms with van der Waals surface area (Å²) in [5.74, 6) is 0. The van der Waals surface area contributed by atoms with E-state index in [4.69, 9.17) is 11.6 Å². The Kier molecular flexibility index (Phi) is 3.51. The van der Waals surface area contributed by atoms with Crippen LogP contribution in [0, 0.1) is 11.3 Å². The fourth-order valence-corrected chi connectivity index (χ4v) is 3.36. The van der Waals surface area contributed by atoms with Crippen molar-refractivity contribution < 1.29 is 0 Å². The van der Waals surface area contributed by atoms with Gasteiger partial charge >= 0.3 is 0 Å². The first kappa shape index (κ1) is 12.9. The van der Waals surface area contributed by atoms with Crippen molar-refractivity contribution in [1.29, 1.82) is 5.26 Å². The quantitative estimate of drug-likeness (QED) is 0.629. The number of pyridine rings is 1. The molecule has 0 radical (unpaired) electrons. The average molecular weight is 297 g/mol. The molecule has 4 heteroatoms. The van der Waals surface area contributed by atoms with E-state index in [0.717, 1.165) is 21.2 Å². The van der Waals surface area contributed by atoms with Crippen LogP contribution >= 0.6 is 22.9 Å². The van der Waals surface area contributed by atoms with Gasteiger partial charge in [0, 0.05) is 39.0 Å². The van der Waals surface area contributed by atoms with E-state index in [0.29, 0.717) is 10.6 Å². The first-order valence-corrected chi connectivity index (χ1v) is 7.24. The Morgan fingerprint density at radius 2 is 2.05 bits per heavy atom. The lowest BCUT2D eigenvalue weighted by molar-refractivity contribution is 1.31. The van der Waals surface area contributed by atoms with Gasteiger partial charge in [-0.1, -0.05) is 35.9 Å². The van der Waals surface area contributed by atoms with Gasteiger partial charge < -0.3 is 0 Å². The summed E-state index contributed by atoms with van der Waals surface area (Å²) in [6, 6.07) is 13.8. The lowest BCUT2D eigenvalue weighted by Crippen LogP contribution is -1.86. The Bertz CT molecular complexity index is 828. The van der Waals surface area contributed by atoms with Gasteiger partial charge in [0.15, 0.2) is 0 Å². The molecule has 3 rings (SSSR count). The van der Waals surface area contributed by atoms with Crippen molar-refractivity contribution in [2.75, 3.05) is 0 Å². The lowest BCUT2D eigenvalue weighted by Gasteiger charge is -2.03. The summed E-state index contributed by atoms with van der Waals surface area (Å²) in [5.41, 5.74) is 2.08. The predicted molar refractivity (Wildman–Crippen MR) is 84.3 cm³/mol.